The Labute approximate surface area is 133 Å². The minimum atomic E-state index is -0.225. The van der Waals surface area contributed by atoms with Crippen molar-refractivity contribution in [2.45, 2.75) is 39.8 Å². The van der Waals surface area contributed by atoms with Crippen LogP contribution in [0.1, 0.15) is 35.8 Å². The van der Waals surface area contributed by atoms with E-state index in [1.165, 1.54) is 11.3 Å². The molecule has 118 valence electrons. The predicted octanol–water partition coefficient (Wildman–Crippen LogP) is 2.69. The Kier molecular flexibility index (Phi) is 4.26. The fourth-order valence-electron chi connectivity index (χ4n) is 2.85. The van der Waals surface area contributed by atoms with Crippen molar-refractivity contribution < 1.29 is 9.53 Å². The molecule has 1 saturated heterocycles. The molecule has 0 saturated carbocycles. The summed E-state index contributed by atoms with van der Waals surface area (Å²) in [7, 11) is 0. The summed E-state index contributed by atoms with van der Waals surface area (Å²) in [4.78, 5) is 17.0. The highest BCUT2D eigenvalue weighted by molar-refractivity contribution is 7.16. The third-order valence-electron chi connectivity index (χ3n) is 3.91. The standard InChI is InChI=1S/C15H20N4O2S/c1-4-19-12(5-7-16-19)13-11(6-8-21-13)14(20)18-15-9(2)17-10(3)22-15/h5,7,11,13H,4,6,8H2,1-3H3,(H,18,20)/t11-,13-/m1/s1. The Morgan fingerprint density at radius 2 is 2.36 bits per heavy atom. The zero-order chi connectivity index (χ0) is 15.7. The van der Waals surface area contributed by atoms with Crippen LogP contribution in [-0.2, 0) is 16.1 Å². The lowest BCUT2D eigenvalue weighted by molar-refractivity contribution is -0.121. The summed E-state index contributed by atoms with van der Waals surface area (Å²) in [5.74, 6) is -0.193. The molecule has 2 aromatic rings. The second-order valence-corrected chi connectivity index (χ2v) is 6.60. The van der Waals surface area contributed by atoms with Crippen LogP contribution in [0.3, 0.4) is 0 Å². The van der Waals surface area contributed by atoms with Crippen LogP contribution in [0.2, 0.25) is 0 Å². The molecule has 6 nitrogen and oxygen atoms in total. The molecule has 0 bridgehead atoms. The van der Waals surface area contributed by atoms with Gasteiger partial charge in [-0.3, -0.25) is 9.48 Å². The number of amides is 1. The summed E-state index contributed by atoms with van der Waals surface area (Å²) in [6.07, 6.45) is 2.26. The molecule has 0 aliphatic carbocycles. The Balaban J connectivity index is 1.78. The molecular weight excluding hydrogens is 300 g/mol. The summed E-state index contributed by atoms with van der Waals surface area (Å²) in [6, 6.07) is 1.93. The number of rotatable bonds is 4. The van der Waals surface area contributed by atoms with E-state index in [0.717, 1.165) is 34.4 Å². The minimum absolute atomic E-state index is 0.00176. The van der Waals surface area contributed by atoms with E-state index in [9.17, 15) is 4.79 Å². The number of hydrogen-bond donors (Lipinski definition) is 1. The molecule has 22 heavy (non-hydrogen) atoms. The van der Waals surface area contributed by atoms with Crippen molar-refractivity contribution in [3.8, 4) is 0 Å². The van der Waals surface area contributed by atoms with E-state index in [2.05, 4.69) is 15.4 Å². The smallest absolute Gasteiger partial charge is 0.231 e. The highest BCUT2D eigenvalue weighted by Crippen LogP contribution is 2.36. The SMILES string of the molecule is CCn1nccc1[C@@H]1OCC[C@H]1C(=O)Nc1sc(C)nc1C. The molecule has 2 aromatic heterocycles. The van der Waals surface area contributed by atoms with Crippen molar-refractivity contribution in [1.82, 2.24) is 14.8 Å². The number of aryl methyl sites for hydroxylation is 3. The maximum absolute atomic E-state index is 12.6. The van der Waals surface area contributed by atoms with E-state index < -0.39 is 0 Å². The maximum atomic E-state index is 12.6. The summed E-state index contributed by atoms with van der Waals surface area (Å²) in [5, 5.41) is 9.07. The molecule has 0 unspecified atom stereocenters. The summed E-state index contributed by atoms with van der Waals surface area (Å²) in [5.41, 5.74) is 1.84. The van der Waals surface area contributed by atoms with Crippen molar-refractivity contribution in [1.29, 1.82) is 0 Å². The van der Waals surface area contributed by atoms with E-state index in [1.807, 2.05) is 31.5 Å². The molecule has 3 rings (SSSR count). The zero-order valence-electron chi connectivity index (χ0n) is 13.0. The first-order chi connectivity index (χ1) is 10.6. The zero-order valence-corrected chi connectivity index (χ0v) is 13.8. The van der Waals surface area contributed by atoms with Gasteiger partial charge in [-0.15, -0.1) is 11.3 Å². The third-order valence-corrected chi connectivity index (χ3v) is 4.90. The highest BCUT2D eigenvalue weighted by atomic mass is 32.1. The van der Waals surface area contributed by atoms with Gasteiger partial charge in [0.05, 0.1) is 22.3 Å². The van der Waals surface area contributed by atoms with Gasteiger partial charge in [0, 0.05) is 19.3 Å². The summed E-state index contributed by atoms with van der Waals surface area (Å²) in [6.45, 7) is 7.24. The molecule has 3 heterocycles. The van der Waals surface area contributed by atoms with Crippen LogP contribution < -0.4 is 5.32 Å². The number of hydrogen-bond acceptors (Lipinski definition) is 5. The molecule has 0 aromatic carbocycles. The first kappa shape index (κ1) is 15.2. The Bertz CT molecular complexity index is 679. The average molecular weight is 320 g/mol. The van der Waals surface area contributed by atoms with Gasteiger partial charge in [0.2, 0.25) is 5.91 Å². The Hall–Kier alpha value is -1.73. The lowest BCUT2D eigenvalue weighted by atomic mass is 9.98. The second kappa shape index (κ2) is 6.18. The lowest BCUT2D eigenvalue weighted by Gasteiger charge is -2.18. The van der Waals surface area contributed by atoms with E-state index >= 15 is 0 Å². The van der Waals surface area contributed by atoms with Gasteiger partial charge in [0.25, 0.3) is 0 Å². The van der Waals surface area contributed by atoms with Crippen LogP contribution >= 0.6 is 11.3 Å². The number of nitrogens with one attached hydrogen (secondary N) is 1. The number of ether oxygens (including phenoxy) is 1. The van der Waals surface area contributed by atoms with Crippen LogP contribution in [0, 0.1) is 19.8 Å². The number of aromatic nitrogens is 3. The molecule has 1 N–H and O–H groups in total. The first-order valence-electron chi connectivity index (χ1n) is 7.48. The van der Waals surface area contributed by atoms with Crippen molar-refractivity contribution in [2.24, 2.45) is 5.92 Å². The Morgan fingerprint density at radius 3 is 3.05 bits per heavy atom. The van der Waals surface area contributed by atoms with Gasteiger partial charge in [-0.2, -0.15) is 5.10 Å². The molecule has 1 aliphatic heterocycles. The van der Waals surface area contributed by atoms with Crippen molar-refractivity contribution in [3.05, 3.63) is 28.7 Å². The van der Waals surface area contributed by atoms with Gasteiger partial charge >= 0.3 is 0 Å². The van der Waals surface area contributed by atoms with E-state index in [4.69, 9.17) is 4.74 Å². The Morgan fingerprint density at radius 1 is 1.55 bits per heavy atom. The highest BCUT2D eigenvalue weighted by Gasteiger charge is 2.37. The van der Waals surface area contributed by atoms with Crippen LogP contribution in [0.15, 0.2) is 12.3 Å². The van der Waals surface area contributed by atoms with Crippen molar-refractivity contribution in [2.75, 3.05) is 11.9 Å². The van der Waals surface area contributed by atoms with Crippen molar-refractivity contribution >= 4 is 22.2 Å². The molecule has 1 aliphatic rings. The van der Waals surface area contributed by atoms with Gasteiger partial charge in [-0.05, 0) is 33.3 Å². The third kappa shape index (κ3) is 2.78. The fraction of sp³-hybridized carbons (Fsp3) is 0.533. The molecule has 1 fully saturated rings. The number of carbonyl (C=O) groups is 1. The molecule has 0 radical (unpaired) electrons. The lowest BCUT2D eigenvalue weighted by Crippen LogP contribution is -2.26. The topological polar surface area (TPSA) is 69.0 Å². The monoisotopic (exact) mass is 320 g/mol. The van der Waals surface area contributed by atoms with E-state index in [-0.39, 0.29) is 17.9 Å². The molecule has 7 heteroatoms. The van der Waals surface area contributed by atoms with Gasteiger partial charge < -0.3 is 10.1 Å². The van der Waals surface area contributed by atoms with E-state index in [0.29, 0.717) is 6.61 Å². The molecular formula is C15H20N4O2S. The van der Waals surface area contributed by atoms with Gasteiger partial charge in [-0.1, -0.05) is 0 Å². The van der Waals surface area contributed by atoms with Crippen LogP contribution in [0.4, 0.5) is 5.00 Å². The maximum Gasteiger partial charge on any atom is 0.231 e. The number of anilines is 1. The average Bonchev–Trinajstić information content (AvgIpc) is 3.18. The van der Waals surface area contributed by atoms with Gasteiger partial charge in [0.15, 0.2) is 0 Å². The van der Waals surface area contributed by atoms with Crippen LogP contribution in [0.5, 0.6) is 0 Å². The molecule has 0 spiro atoms. The number of nitrogens with zero attached hydrogens (tertiary/aromatic N) is 3. The second-order valence-electron chi connectivity index (χ2n) is 5.40. The quantitative estimate of drug-likeness (QED) is 0.940. The minimum Gasteiger partial charge on any atom is -0.371 e. The van der Waals surface area contributed by atoms with E-state index in [1.54, 1.807) is 6.20 Å². The normalized spacial score (nSPS) is 21.2. The predicted molar refractivity (Wildman–Crippen MR) is 84.9 cm³/mol. The largest absolute Gasteiger partial charge is 0.371 e. The number of carbonyl (C=O) groups excluding carboxylic acids is 1. The fourth-order valence-corrected chi connectivity index (χ4v) is 3.67. The van der Waals surface area contributed by atoms with Gasteiger partial charge in [-0.25, -0.2) is 4.98 Å². The summed E-state index contributed by atoms with van der Waals surface area (Å²) < 4.78 is 7.70. The van der Waals surface area contributed by atoms with Crippen LogP contribution in [-0.4, -0.2) is 27.3 Å². The first-order valence-corrected chi connectivity index (χ1v) is 8.30. The number of thiazole rings is 1. The summed E-state index contributed by atoms with van der Waals surface area (Å²) >= 11 is 1.51. The molecule has 1 amide bonds. The van der Waals surface area contributed by atoms with Crippen molar-refractivity contribution in [3.63, 3.8) is 0 Å². The van der Waals surface area contributed by atoms with Gasteiger partial charge in [0.1, 0.15) is 11.1 Å². The molecule has 2 atom stereocenters. The van der Waals surface area contributed by atoms with Crippen LogP contribution in [0.25, 0.3) is 0 Å².